The monoisotopic (exact) mass is 593 g/mol. The van der Waals surface area contributed by atoms with Crippen LogP contribution < -0.4 is 0 Å². The highest BCUT2D eigenvalue weighted by atomic mass is 14.2. The molecule has 5 rings (SSSR count). The van der Waals surface area contributed by atoms with E-state index in [9.17, 15) is 0 Å². The Morgan fingerprint density at radius 2 is 0.750 bits per heavy atom. The van der Waals surface area contributed by atoms with E-state index >= 15 is 0 Å². The summed E-state index contributed by atoms with van der Waals surface area (Å²) in [7, 11) is 0. The van der Waals surface area contributed by atoms with Crippen molar-refractivity contribution in [1.82, 2.24) is 0 Å². The van der Waals surface area contributed by atoms with Crippen molar-refractivity contribution in [3.05, 3.63) is 132 Å². The fourth-order valence-electron chi connectivity index (χ4n) is 4.47. The molecule has 0 radical (unpaired) electrons. The number of benzene rings is 5. The average molecular weight is 593 g/mol. The van der Waals surface area contributed by atoms with Crippen LogP contribution in [0.25, 0.3) is 21.5 Å². The summed E-state index contributed by atoms with van der Waals surface area (Å²) in [6.07, 6.45) is 0. The SMILES string of the molecule is CC.CC.CC.CC(C)(C)c1ccc2ccccc2c1.CC(C)(C)c1cccc2ccccc12.CC(C)(C)c1ccccc1. The topological polar surface area (TPSA) is 0 Å². The summed E-state index contributed by atoms with van der Waals surface area (Å²) in [6, 6.07) is 40.9. The van der Waals surface area contributed by atoms with Crippen LogP contribution in [-0.2, 0) is 16.2 Å². The van der Waals surface area contributed by atoms with Crippen molar-refractivity contribution >= 4 is 21.5 Å². The average Bonchev–Trinajstić information content (AvgIpc) is 3.03. The molecule has 0 N–H and O–H groups in total. The predicted molar refractivity (Wildman–Crippen MR) is 204 cm³/mol. The largest absolute Gasteiger partial charge is 0.0683 e. The maximum absolute atomic E-state index is 2.29. The lowest BCUT2D eigenvalue weighted by molar-refractivity contribution is 0.590. The molecule has 0 aliphatic heterocycles. The second-order valence-electron chi connectivity index (χ2n) is 13.2. The van der Waals surface area contributed by atoms with E-state index in [4.69, 9.17) is 0 Å². The number of rotatable bonds is 0. The molecule has 0 spiro atoms. The van der Waals surface area contributed by atoms with Crippen LogP contribution >= 0.6 is 0 Å². The zero-order valence-electron chi connectivity index (χ0n) is 31.0. The Morgan fingerprint density at radius 1 is 0.318 bits per heavy atom. The van der Waals surface area contributed by atoms with Crippen LogP contribution in [-0.4, -0.2) is 0 Å². The fraction of sp³-hybridized carbons (Fsp3) is 0.409. The Morgan fingerprint density at radius 3 is 1.23 bits per heavy atom. The standard InChI is InChI=1S/2C14H16.C10H14.3C2H6/c1-14(2,3)13-10-6-8-11-7-4-5-9-12(11)13;1-14(2,3)13-9-8-11-6-4-5-7-12(11)10-13;1-10(2,3)9-7-5-4-6-8-9;3*1-2/h2*4-10H,1-3H3;4-8H,1-3H3;3*1-2H3. The lowest BCUT2D eigenvalue weighted by Gasteiger charge is -2.21. The normalized spacial score (nSPS) is 10.6. The van der Waals surface area contributed by atoms with Crippen molar-refractivity contribution in [2.45, 2.75) is 120 Å². The first kappa shape index (κ1) is 40.6. The third kappa shape index (κ3) is 13.5. The third-order valence-corrected chi connectivity index (χ3v) is 6.85. The lowest BCUT2D eigenvalue weighted by Crippen LogP contribution is -2.11. The molecule has 44 heavy (non-hydrogen) atoms. The van der Waals surface area contributed by atoms with Crippen molar-refractivity contribution in [3.8, 4) is 0 Å². The Kier molecular flexibility index (Phi) is 18.3. The minimum absolute atomic E-state index is 0.223. The number of hydrogen-bond acceptors (Lipinski definition) is 0. The number of fused-ring (bicyclic) bond motifs is 2. The Hall–Kier alpha value is -3.38. The summed E-state index contributed by atoms with van der Waals surface area (Å²) in [5.41, 5.74) is 4.98. The van der Waals surface area contributed by atoms with Gasteiger partial charge >= 0.3 is 0 Å². The molecule has 5 aromatic carbocycles. The van der Waals surface area contributed by atoms with Crippen LogP contribution in [0.3, 0.4) is 0 Å². The van der Waals surface area contributed by atoms with Crippen LogP contribution in [0.4, 0.5) is 0 Å². The molecule has 0 bridgehead atoms. The minimum atomic E-state index is 0.223. The van der Waals surface area contributed by atoms with Crippen molar-refractivity contribution in [1.29, 1.82) is 0 Å². The smallest absolute Gasteiger partial charge is 0.0126 e. The summed E-state index contributed by atoms with van der Waals surface area (Å²) >= 11 is 0. The molecule has 0 saturated heterocycles. The van der Waals surface area contributed by atoms with Crippen molar-refractivity contribution in [2.75, 3.05) is 0 Å². The van der Waals surface area contributed by atoms with Gasteiger partial charge in [-0.1, -0.05) is 219 Å². The highest BCUT2D eigenvalue weighted by Gasteiger charge is 2.16. The predicted octanol–water partition coefficient (Wildman–Crippen LogP) is 14.3. The molecule has 0 saturated carbocycles. The van der Waals surface area contributed by atoms with E-state index in [1.807, 2.05) is 41.5 Å². The van der Waals surface area contributed by atoms with Crippen LogP contribution in [0.2, 0.25) is 0 Å². The molecule has 0 fully saturated rings. The van der Waals surface area contributed by atoms with Gasteiger partial charge in [0.15, 0.2) is 0 Å². The quantitative estimate of drug-likeness (QED) is 0.168. The van der Waals surface area contributed by atoms with E-state index in [1.54, 1.807) is 0 Å². The molecule has 0 heteroatoms. The zero-order valence-corrected chi connectivity index (χ0v) is 31.0. The Bertz CT molecular complexity index is 1420. The second-order valence-corrected chi connectivity index (χ2v) is 13.2. The molecule has 0 aliphatic rings. The number of hydrogen-bond donors (Lipinski definition) is 0. The van der Waals surface area contributed by atoms with Gasteiger partial charge in [-0.15, -0.1) is 0 Å². The first-order chi connectivity index (χ1) is 20.8. The van der Waals surface area contributed by atoms with Gasteiger partial charge < -0.3 is 0 Å². The molecular formula is C44H64. The Labute approximate surface area is 273 Å². The second kappa shape index (κ2) is 19.8. The van der Waals surface area contributed by atoms with Crippen LogP contribution in [0.1, 0.15) is 121 Å². The molecule has 0 aromatic heterocycles. The van der Waals surface area contributed by atoms with Gasteiger partial charge in [0.1, 0.15) is 0 Å². The molecule has 0 atom stereocenters. The minimum Gasteiger partial charge on any atom is -0.0683 e. The van der Waals surface area contributed by atoms with E-state index in [1.165, 1.54) is 38.2 Å². The van der Waals surface area contributed by atoms with E-state index < -0.39 is 0 Å². The van der Waals surface area contributed by atoms with Crippen LogP contribution in [0.5, 0.6) is 0 Å². The first-order valence-corrected chi connectivity index (χ1v) is 16.8. The summed E-state index contributed by atoms with van der Waals surface area (Å²) in [5.74, 6) is 0. The lowest BCUT2D eigenvalue weighted by atomic mass is 9.84. The van der Waals surface area contributed by atoms with Crippen molar-refractivity contribution in [2.24, 2.45) is 0 Å². The highest BCUT2D eigenvalue weighted by Crippen LogP contribution is 2.29. The summed E-state index contributed by atoms with van der Waals surface area (Å²) in [4.78, 5) is 0. The van der Waals surface area contributed by atoms with Gasteiger partial charge in [-0.05, 0) is 54.5 Å². The summed E-state index contributed by atoms with van der Waals surface area (Å²) in [5, 5.41) is 5.36. The van der Waals surface area contributed by atoms with Crippen molar-refractivity contribution in [3.63, 3.8) is 0 Å². The first-order valence-electron chi connectivity index (χ1n) is 16.8. The van der Waals surface area contributed by atoms with Gasteiger partial charge in [0, 0.05) is 0 Å². The summed E-state index contributed by atoms with van der Waals surface area (Å²) in [6.45, 7) is 32.2. The fourth-order valence-corrected chi connectivity index (χ4v) is 4.47. The van der Waals surface area contributed by atoms with E-state index in [2.05, 4.69) is 178 Å². The highest BCUT2D eigenvalue weighted by molar-refractivity contribution is 5.86. The van der Waals surface area contributed by atoms with Gasteiger partial charge in [-0.2, -0.15) is 0 Å². The molecule has 5 aromatic rings. The maximum Gasteiger partial charge on any atom is -0.0126 e. The van der Waals surface area contributed by atoms with E-state index in [-0.39, 0.29) is 10.8 Å². The molecule has 0 heterocycles. The van der Waals surface area contributed by atoms with Crippen LogP contribution in [0, 0.1) is 0 Å². The molecule has 0 aliphatic carbocycles. The van der Waals surface area contributed by atoms with Gasteiger partial charge in [-0.25, -0.2) is 0 Å². The van der Waals surface area contributed by atoms with Crippen LogP contribution in [0.15, 0.2) is 115 Å². The molecule has 240 valence electrons. The van der Waals surface area contributed by atoms with E-state index in [0.717, 1.165) is 0 Å². The molecule has 0 nitrogen and oxygen atoms in total. The molecular weight excluding hydrogens is 528 g/mol. The van der Waals surface area contributed by atoms with Gasteiger partial charge in [0.25, 0.3) is 0 Å². The van der Waals surface area contributed by atoms with E-state index in [0.29, 0.717) is 5.41 Å². The van der Waals surface area contributed by atoms with Gasteiger partial charge in [0.2, 0.25) is 0 Å². The van der Waals surface area contributed by atoms with Gasteiger partial charge in [0.05, 0.1) is 0 Å². The summed E-state index contributed by atoms with van der Waals surface area (Å²) < 4.78 is 0. The van der Waals surface area contributed by atoms with Gasteiger partial charge in [-0.3, -0.25) is 0 Å². The molecule has 0 unspecified atom stereocenters. The zero-order chi connectivity index (χ0) is 34.0. The van der Waals surface area contributed by atoms with Crippen molar-refractivity contribution < 1.29 is 0 Å². The Balaban J connectivity index is 0.000000587. The third-order valence-electron chi connectivity index (χ3n) is 6.85. The maximum atomic E-state index is 2.29. The molecule has 0 amide bonds.